The van der Waals surface area contributed by atoms with Crippen LogP contribution in [0.25, 0.3) is 0 Å². The summed E-state index contributed by atoms with van der Waals surface area (Å²) in [7, 11) is 0. The van der Waals surface area contributed by atoms with Crippen LogP contribution < -0.4 is 5.32 Å². The highest BCUT2D eigenvalue weighted by Crippen LogP contribution is 2.22. The minimum Gasteiger partial charge on any atom is -0.355 e. The monoisotopic (exact) mass is 418 g/mol. The summed E-state index contributed by atoms with van der Waals surface area (Å²) in [4.78, 5) is 27.2. The van der Waals surface area contributed by atoms with Crippen LogP contribution in [0.4, 0.5) is 0 Å². The first kappa shape index (κ1) is 22.3. The van der Waals surface area contributed by atoms with Gasteiger partial charge in [0.1, 0.15) is 6.04 Å². The normalized spacial score (nSPS) is 11.7. The van der Waals surface area contributed by atoms with E-state index in [0.29, 0.717) is 36.0 Å². The Balaban J connectivity index is 2.09. The van der Waals surface area contributed by atoms with Crippen molar-refractivity contribution in [2.24, 2.45) is 0 Å². The number of benzene rings is 2. The highest BCUT2D eigenvalue weighted by atomic mass is 35.5. The van der Waals surface area contributed by atoms with Crippen LogP contribution >= 0.6 is 23.4 Å². The van der Waals surface area contributed by atoms with Gasteiger partial charge in [-0.2, -0.15) is 0 Å². The topological polar surface area (TPSA) is 49.4 Å². The molecule has 0 aliphatic heterocycles. The summed E-state index contributed by atoms with van der Waals surface area (Å²) in [5.74, 6) is 0.806. The molecular formula is C22H27ClN2O2S. The molecule has 0 saturated carbocycles. The third-order valence-electron chi connectivity index (χ3n) is 4.37. The standard InChI is InChI=1S/C22H27ClN2O2S/c1-3-20(22(27)24-4-2)25(14-17-10-6-5-7-11-17)21(26)16-28-15-18-12-8-9-13-19(18)23/h5-13,20H,3-4,14-16H2,1-2H3,(H,24,27). The van der Waals surface area contributed by atoms with Gasteiger partial charge in [-0.3, -0.25) is 9.59 Å². The molecule has 2 rings (SSSR count). The second-order valence-electron chi connectivity index (χ2n) is 6.41. The molecule has 0 fully saturated rings. The molecule has 0 bridgehead atoms. The van der Waals surface area contributed by atoms with Crippen LogP contribution in [0, 0.1) is 0 Å². The molecule has 0 saturated heterocycles. The van der Waals surface area contributed by atoms with Crippen molar-refractivity contribution in [1.82, 2.24) is 10.2 Å². The van der Waals surface area contributed by atoms with E-state index in [4.69, 9.17) is 11.6 Å². The van der Waals surface area contributed by atoms with Crippen molar-refractivity contribution in [2.75, 3.05) is 12.3 Å². The van der Waals surface area contributed by atoms with E-state index in [1.807, 2.05) is 68.4 Å². The summed E-state index contributed by atoms with van der Waals surface area (Å²) in [6.07, 6.45) is 0.569. The Morgan fingerprint density at radius 3 is 2.39 bits per heavy atom. The van der Waals surface area contributed by atoms with E-state index in [1.165, 1.54) is 11.8 Å². The average molecular weight is 419 g/mol. The number of thioether (sulfide) groups is 1. The third kappa shape index (κ3) is 6.57. The van der Waals surface area contributed by atoms with Crippen molar-refractivity contribution in [2.45, 2.75) is 38.6 Å². The van der Waals surface area contributed by atoms with E-state index < -0.39 is 6.04 Å². The van der Waals surface area contributed by atoms with Gasteiger partial charge in [-0.25, -0.2) is 0 Å². The Kier molecular flexibility index (Phi) is 9.38. The first-order valence-electron chi connectivity index (χ1n) is 9.49. The molecule has 6 heteroatoms. The van der Waals surface area contributed by atoms with E-state index in [9.17, 15) is 9.59 Å². The molecule has 0 aliphatic carbocycles. The van der Waals surface area contributed by atoms with Crippen LogP contribution in [0.3, 0.4) is 0 Å². The zero-order valence-electron chi connectivity index (χ0n) is 16.4. The van der Waals surface area contributed by atoms with E-state index in [2.05, 4.69) is 5.32 Å². The lowest BCUT2D eigenvalue weighted by atomic mass is 10.1. The maximum absolute atomic E-state index is 13.0. The van der Waals surface area contributed by atoms with Crippen molar-refractivity contribution in [3.63, 3.8) is 0 Å². The van der Waals surface area contributed by atoms with Crippen LogP contribution in [-0.4, -0.2) is 35.1 Å². The zero-order valence-corrected chi connectivity index (χ0v) is 17.9. The molecule has 1 N–H and O–H groups in total. The number of rotatable bonds is 10. The minimum atomic E-state index is -0.478. The molecule has 28 heavy (non-hydrogen) atoms. The average Bonchev–Trinajstić information content (AvgIpc) is 2.70. The fraction of sp³-hybridized carbons (Fsp3) is 0.364. The second kappa shape index (κ2) is 11.8. The lowest BCUT2D eigenvalue weighted by molar-refractivity contribution is -0.139. The maximum Gasteiger partial charge on any atom is 0.242 e. The smallest absolute Gasteiger partial charge is 0.242 e. The van der Waals surface area contributed by atoms with Gasteiger partial charge < -0.3 is 10.2 Å². The van der Waals surface area contributed by atoms with Crippen LogP contribution in [0.2, 0.25) is 5.02 Å². The fourth-order valence-corrected chi connectivity index (χ4v) is 4.13. The predicted molar refractivity (Wildman–Crippen MR) is 117 cm³/mol. The van der Waals surface area contributed by atoms with Crippen molar-refractivity contribution in [3.05, 3.63) is 70.7 Å². The number of nitrogens with one attached hydrogen (secondary N) is 1. The van der Waals surface area contributed by atoms with Crippen LogP contribution in [0.5, 0.6) is 0 Å². The van der Waals surface area contributed by atoms with Crippen molar-refractivity contribution < 1.29 is 9.59 Å². The Morgan fingerprint density at radius 2 is 1.75 bits per heavy atom. The number of nitrogens with zero attached hydrogens (tertiary/aromatic N) is 1. The van der Waals surface area contributed by atoms with Crippen molar-refractivity contribution >= 4 is 35.2 Å². The van der Waals surface area contributed by atoms with Gasteiger partial charge in [0.25, 0.3) is 0 Å². The number of halogens is 1. The van der Waals surface area contributed by atoms with E-state index >= 15 is 0 Å². The maximum atomic E-state index is 13.0. The van der Waals surface area contributed by atoms with Gasteiger partial charge >= 0.3 is 0 Å². The Labute approximate surface area is 176 Å². The van der Waals surface area contributed by atoms with Gasteiger partial charge in [0.2, 0.25) is 11.8 Å². The van der Waals surface area contributed by atoms with E-state index in [1.54, 1.807) is 4.90 Å². The van der Waals surface area contributed by atoms with Gasteiger partial charge in [0.15, 0.2) is 0 Å². The summed E-state index contributed by atoms with van der Waals surface area (Å²) >= 11 is 7.71. The SMILES string of the molecule is CCNC(=O)C(CC)N(Cc1ccccc1)C(=O)CSCc1ccccc1Cl. The summed E-state index contributed by atoms with van der Waals surface area (Å²) in [6, 6.07) is 16.9. The summed E-state index contributed by atoms with van der Waals surface area (Å²) in [5.41, 5.74) is 2.02. The van der Waals surface area contributed by atoms with Crippen LogP contribution in [0.15, 0.2) is 54.6 Å². The van der Waals surface area contributed by atoms with Crippen molar-refractivity contribution in [1.29, 1.82) is 0 Å². The quantitative estimate of drug-likeness (QED) is 0.617. The number of hydrogen-bond donors (Lipinski definition) is 1. The zero-order chi connectivity index (χ0) is 20.4. The Bertz CT molecular complexity index is 770. The number of likely N-dealkylation sites (N-methyl/N-ethyl adjacent to an activating group) is 1. The largest absolute Gasteiger partial charge is 0.355 e. The summed E-state index contributed by atoms with van der Waals surface area (Å²) < 4.78 is 0. The van der Waals surface area contributed by atoms with Crippen LogP contribution in [0.1, 0.15) is 31.4 Å². The highest BCUT2D eigenvalue weighted by Gasteiger charge is 2.28. The first-order chi connectivity index (χ1) is 13.6. The molecule has 4 nitrogen and oxygen atoms in total. The van der Waals surface area contributed by atoms with E-state index in [0.717, 1.165) is 11.1 Å². The molecule has 0 spiro atoms. The Morgan fingerprint density at radius 1 is 1.07 bits per heavy atom. The molecule has 150 valence electrons. The summed E-state index contributed by atoms with van der Waals surface area (Å²) in [6.45, 7) is 4.78. The molecule has 0 heterocycles. The van der Waals surface area contributed by atoms with Gasteiger partial charge in [0, 0.05) is 23.9 Å². The van der Waals surface area contributed by atoms with Crippen LogP contribution in [-0.2, 0) is 21.9 Å². The van der Waals surface area contributed by atoms with Gasteiger partial charge in [0.05, 0.1) is 5.75 Å². The predicted octanol–water partition coefficient (Wildman–Crippen LogP) is 4.52. The lowest BCUT2D eigenvalue weighted by Gasteiger charge is -2.30. The Hall–Kier alpha value is -1.98. The molecule has 2 aromatic rings. The molecule has 0 aliphatic rings. The highest BCUT2D eigenvalue weighted by molar-refractivity contribution is 7.99. The molecule has 2 aromatic carbocycles. The second-order valence-corrected chi connectivity index (χ2v) is 7.80. The first-order valence-corrected chi connectivity index (χ1v) is 11.0. The third-order valence-corrected chi connectivity index (χ3v) is 5.71. The fourth-order valence-electron chi connectivity index (χ4n) is 2.94. The lowest BCUT2D eigenvalue weighted by Crippen LogP contribution is -2.49. The molecular weight excluding hydrogens is 392 g/mol. The summed E-state index contributed by atoms with van der Waals surface area (Å²) in [5, 5.41) is 3.56. The number of amides is 2. The number of carbonyl (C=O) groups is 2. The van der Waals surface area contributed by atoms with E-state index in [-0.39, 0.29) is 11.8 Å². The minimum absolute atomic E-state index is 0.0426. The molecule has 2 amide bonds. The molecule has 1 unspecified atom stereocenters. The van der Waals surface area contributed by atoms with Gasteiger partial charge in [-0.15, -0.1) is 11.8 Å². The van der Waals surface area contributed by atoms with Gasteiger partial charge in [-0.1, -0.05) is 67.1 Å². The van der Waals surface area contributed by atoms with Crippen molar-refractivity contribution in [3.8, 4) is 0 Å². The molecule has 0 radical (unpaired) electrons. The molecule has 1 atom stereocenters. The number of hydrogen-bond acceptors (Lipinski definition) is 3. The molecule has 0 aromatic heterocycles. The van der Waals surface area contributed by atoms with Gasteiger partial charge in [-0.05, 0) is 30.5 Å². The number of carbonyl (C=O) groups excluding carboxylic acids is 2.